The SMILES string of the molecule is CC/C=C\OCc1nn2c(NC3CC3)cccc2c1-c1ccnc(NC2CC2)n1. The molecule has 0 radical (unpaired) electrons. The Morgan fingerprint density at radius 2 is 1.97 bits per heavy atom. The van der Waals surface area contributed by atoms with Crippen molar-refractivity contribution in [2.45, 2.75) is 57.7 Å². The van der Waals surface area contributed by atoms with Gasteiger partial charge in [-0.2, -0.15) is 5.10 Å². The molecule has 0 unspecified atom stereocenters. The zero-order chi connectivity index (χ0) is 19.6. The highest BCUT2D eigenvalue weighted by Gasteiger charge is 2.25. The van der Waals surface area contributed by atoms with E-state index in [-0.39, 0.29) is 0 Å². The van der Waals surface area contributed by atoms with Crippen LogP contribution in [0.4, 0.5) is 11.8 Å². The zero-order valence-electron chi connectivity index (χ0n) is 16.6. The summed E-state index contributed by atoms with van der Waals surface area (Å²) in [6.45, 7) is 2.48. The van der Waals surface area contributed by atoms with E-state index in [1.54, 1.807) is 6.26 Å². The second kappa shape index (κ2) is 7.73. The third-order valence-corrected chi connectivity index (χ3v) is 5.13. The normalized spacial score (nSPS) is 16.4. The number of hydrogen-bond acceptors (Lipinski definition) is 6. The maximum Gasteiger partial charge on any atom is 0.223 e. The lowest BCUT2D eigenvalue weighted by molar-refractivity contribution is 0.231. The first kappa shape index (κ1) is 18.0. The molecule has 2 N–H and O–H groups in total. The number of fused-ring (bicyclic) bond motifs is 1. The van der Waals surface area contributed by atoms with Gasteiger partial charge in [-0.25, -0.2) is 14.5 Å². The van der Waals surface area contributed by atoms with E-state index in [9.17, 15) is 0 Å². The topological polar surface area (TPSA) is 76.4 Å². The van der Waals surface area contributed by atoms with E-state index in [1.165, 1.54) is 25.7 Å². The number of rotatable bonds is 9. The summed E-state index contributed by atoms with van der Waals surface area (Å²) < 4.78 is 7.73. The van der Waals surface area contributed by atoms with Crippen LogP contribution >= 0.6 is 0 Å². The quantitative estimate of drug-likeness (QED) is 0.528. The van der Waals surface area contributed by atoms with Crippen LogP contribution in [0.2, 0.25) is 0 Å². The molecule has 2 aliphatic rings. The predicted octanol–water partition coefficient (Wildman–Crippen LogP) is 4.38. The van der Waals surface area contributed by atoms with Crippen molar-refractivity contribution >= 4 is 17.3 Å². The van der Waals surface area contributed by atoms with Gasteiger partial charge in [0.2, 0.25) is 5.95 Å². The molecule has 3 aromatic heterocycles. The van der Waals surface area contributed by atoms with Crippen molar-refractivity contribution in [2.24, 2.45) is 0 Å². The minimum absolute atomic E-state index is 0.395. The largest absolute Gasteiger partial charge is 0.495 e. The van der Waals surface area contributed by atoms with Crippen LogP contribution in [0.5, 0.6) is 0 Å². The van der Waals surface area contributed by atoms with Gasteiger partial charge >= 0.3 is 0 Å². The summed E-state index contributed by atoms with van der Waals surface area (Å²) in [5.74, 6) is 1.68. The first-order chi connectivity index (χ1) is 14.3. The molecule has 7 heteroatoms. The zero-order valence-corrected chi connectivity index (χ0v) is 16.6. The van der Waals surface area contributed by atoms with Gasteiger partial charge in [0.25, 0.3) is 0 Å². The molecule has 0 spiro atoms. The van der Waals surface area contributed by atoms with Gasteiger partial charge in [-0.05, 0) is 50.3 Å². The van der Waals surface area contributed by atoms with Crippen LogP contribution in [-0.2, 0) is 11.3 Å². The van der Waals surface area contributed by atoms with E-state index in [0.29, 0.717) is 24.6 Å². The summed E-state index contributed by atoms with van der Waals surface area (Å²) in [7, 11) is 0. The molecule has 0 aliphatic heterocycles. The Hall–Kier alpha value is -3.09. The van der Waals surface area contributed by atoms with Gasteiger partial charge in [0.15, 0.2) is 0 Å². The molecule has 5 rings (SSSR count). The van der Waals surface area contributed by atoms with Crippen LogP contribution in [0, 0.1) is 0 Å². The maximum absolute atomic E-state index is 5.75. The van der Waals surface area contributed by atoms with Gasteiger partial charge < -0.3 is 15.4 Å². The van der Waals surface area contributed by atoms with E-state index in [0.717, 1.165) is 34.7 Å². The highest BCUT2D eigenvalue weighted by molar-refractivity contribution is 5.82. The Morgan fingerprint density at radius 1 is 1.14 bits per heavy atom. The van der Waals surface area contributed by atoms with Crippen LogP contribution in [0.25, 0.3) is 16.8 Å². The second-order valence-electron chi connectivity index (χ2n) is 7.72. The first-order valence-corrected chi connectivity index (χ1v) is 10.5. The maximum atomic E-state index is 5.75. The first-order valence-electron chi connectivity index (χ1n) is 10.5. The highest BCUT2D eigenvalue weighted by atomic mass is 16.5. The standard InChI is InChI=1S/C22H26N6O/c1-2-3-13-29-14-18-21(17-11-12-23-22(26-17)25-16-9-10-16)19-5-4-6-20(28(19)27-18)24-15-7-8-15/h3-6,11-13,15-16,24H,2,7-10,14H2,1H3,(H,23,25,26)/b13-3-. The second-order valence-corrected chi connectivity index (χ2v) is 7.72. The summed E-state index contributed by atoms with van der Waals surface area (Å²) in [5.41, 5.74) is 3.74. The van der Waals surface area contributed by atoms with Crippen molar-refractivity contribution in [3.63, 3.8) is 0 Å². The summed E-state index contributed by atoms with van der Waals surface area (Å²) in [6, 6.07) is 9.23. The predicted molar refractivity (Wildman–Crippen MR) is 114 cm³/mol. The third kappa shape index (κ3) is 4.04. The van der Waals surface area contributed by atoms with Gasteiger partial charge in [-0.3, -0.25) is 0 Å². The van der Waals surface area contributed by atoms with Crippen molar-refractivity contribution in [2.75, 3.05) is 10.6 Å². The molecule has 150 valence electrons. The van der Waals surface area contributed by atoms with E-state index < -0.39 is 0 Å². The van der Waals surface area contributed by atoms with Crippen LogP contribution < -0.4 is 10.6 Å². The molecule has 2 fully saturated rings. The van der Waals surface area contributed by atoms with Crippen molar-refractivity contribution in [1.29, 1.82) is 0 Å². The molecule has 2 aliphatic carbocycles. The number of nitrogens with zero attached hydrogens (tertiary/aromatic N) is 4. The van der Waals surface area contributed by atoms with E-state index >= 15 is 0 Å². The number of pyridine rings is 1. The van der Waals surface area contributed by atoms with Crippen LogP contribution in [0.3, 0.4) is 0 Å². The molecule has 0 saturated heterocycles. The van der Waals surface area contributed by atoms with Gasteiger partial charge in [-0.1, -0.05) is 19.1 Å². The Morgan fingerprint density at radius 3 is 2.76 bits per heavy atom. The van der Waals surface area contributed by atoms with Crippen LogP contribution in [0.15, 0.2) is 42.8 Å². The molecule has 3 aromatic rings. The number of nitrogens with one attached hydrogen (secondary N) is 2. The van der Waals surface area contributed by atoms with E-state index in [4.69, 9.17) is 14.8 Å². The number of allylic oxidation sites excluding steroid dienone is 1. The average Bonchev–Trinajstić information content (AvgIpc) is 3.66. The summed E-state index contributed by atoms with van der Waals surface area (Å²) in [5, 5.41) is 11.8. The van der Waals surface area contributed by atoms with Crippen molar-refractivity contribution < 1.29 is 4.74 Å². The number of ether oxygens (including phenoxy) is 1. The Labute approximate surface area is 170 Å². The fraction of sp³-hybridized carbons (Fsp3) is 0.409. The van der Waals surface area contributed by atoms with E-state index in [1.807, 2.05) is 22.9 Å². The summed E-state index contributed by atoms with van der Waals surface area (Å²) in [6.07, 6.45) is 11.3. The number of aromatic nitrogens is 4. The van der Waals surface area contributed by atoms with Crippen LogP contribution in [-0.4, -0.2) is 31.7 Å². The van der Waals surface area contributed by atoms with E-state index in [2.05, 4.69) is 40.7 Å². The minimum atomic E-state index is 0.395. The molecule has 0 amide bonds. The van der Waals surface area contributed by atoms with Crippen molar-refractivity contribution in [1.82, 2.24) is 19.6 Å². The minimum Gasteiger partial charge on any atom is -0.495 e. The van der Waals surface area contributed by atoms with Gasteiger partial charge in [0.1, 0.15) is 18.1 Å². The fourth-order valence-corrected chi connectivity index (χ4v) is 3.31. The highest BCUT2D eigenvalue weighted by Crippen LogP contribution is 2.32. The molecule has 7 nitrogen and oxygen atoms in total. The molecular weight excluding hydrogens is 364 g/mol. The summed E-state index contributed by atoms with van der Waals surface area (Å²) in [4.78, 5) is 9.17. The Balaban J connectivity index is 1.56. The number of hydrogen-bond donors (Lipinski definition) is 2. The average molecular weight is 390 g/mol. The Bertz CT molecular complexity index is 1030. The Kier molecular flexibility index (Phi) is 4.79. The van der Waals surface area contributed by atoms with Gasteiger partial charge in [-0.15, -0.1) is 0 Å². The molecular formula is C22H26N6O. The lowest BCUT2D eigenvalue weighted by atomic mass is 10.1. The summed E-state index contributed by atoms with van der Waals surface area (Å²) >= 11 is 0. The van der Waals surface area contributed by atoms with Crippen LogP contribution in [0.1, 0.15) is 44.7 Å². The molecule has 0 bridgehead atoms. The van der Waals surface area contributed by atoms with Gasteiger partial charge in [0, 0.05) is 18.3 Å². The van der Waals surface area contributed by atoms with Crippen molar-refractivity contribution in [3.8, 4) is 11.3 Å². The fourth-order valence-electron chi connectivity index (χ4n) is 3.31. The third-order valence-electron chi connectivity index (χ3n) is 5.13. The van der Waals surface area contributed by atoms with Crippen molar-refractivity contribution in [3.05, 3.63) is 48.5 Å². The molecule has 2 saturated carbocycles. The molecule has 0 atom stereocenters. The molecule has 29 heavy (non-hydrogen) atoms. The smallest absolute Gasteiger partial charge is 0.223 e. The lowest BCUT2D eigenvalue weighted by Crippen LogP contribution is -2.06. The number of anilines is 2. The monoisotopic (exact) mass is 390 g/mol. The molecule has 0 aromatic carbocycles. The van der Waals surface area contributed by atoms with Gasteiger partial charge in [0.05, 0.1) is 23.0 Å². The lowest BCUT2D eigenvalue weighted by Gasteiger charge is -2.08. The molecule has 3 heterocycles.